The number of aromatic nitrogens is 1. The Kier molecular flexibility index (Phi) is 3.92. The van der Waals surface area contributed by atoms with Crippen LogP contribution in [0.3, 0.4) is 0 Å². The van der Waals surface area contributed by atoms with Crippen LogP contribution >= 0.6 is 0 Å². The van der Waals surface area contributed by atoms with Crippen LogP contribution in [-0.4, -0.2) is 4.98 Å². The fourth-order valence-electron chi connectivity index (χ4n) is 1.55. The predicted octanol–water partition coefficient (Wildman–Crippen LogP) is 3.96. The molecule has 2 heteroatoms. The van der Waals surface area contributed by atoms with Crippen molar-refractivity contribution in [1.82, 2.24) is 4.98 Å². The Hall–Kier alpha value is -2.09. The molecule has 0 aliphatic rings. The van der Waals surface area contributed by atoms with Gasteiger partial charge in [-0.25, -0.2) is 4.98 Å². The maximum Gasteiger partial charge on any atom is 0.218 e. The Labute approximate surface area is 101 Å². The third-order valence-electron chi connectivity index (χ3n) is 2.45. The van der Waals surface area contributed by atoms with Crippen LogP contribution in [0.4, 0.5) is 0 Å². The van der Waals surface area contributed by atoms with Crippen LogP contribution in [-0.2, 0) is 6.42 Å². The maximum absolute atomic E-state index is 5.24. The van der Waals surface area contributed by atoms with Crippen molar-refractivity contribution >= 4 is 12.2 Å². The molecule has 17 heavy (non-hydrogen) atoms. The first kappa shape index (κ1) is 11.4. The summed E-state index contributed by atoms with van der Waals surface area (Å²) in [7, 11) is 0. The van der Waals surface area contributed by atoms with Crippen molar-refractivity contribution in [1.29, 1.82) is 0 Å². The molecule has 1 aromatic carbocycles. The molecule has 0 radical (unpaired) electrons. The molecule has 0 saturated heterocycles. The average molecular weight is 225 g/mol. The first-order valence-electron chi connectivity index (χ1n) is 5.67. The summed E-state index contributed by atoms with van der Waals surface area (Å²) >= 11 is 0. The number of nitrogens with zero attached hydrogens (tertiary/aromatic N) is 1. The topological polar surface area (TPSA) is 26.0 Å². The van der Waals surface area contributed by atoms with Crippen molar-refractivity contribution in [3.63, 3.8) is 0 Å². The van der Waals surface area contributed by atoms with Gasteiger partial charge < -0.3 is 4.42 Å². The molecule has 2 nitrogen and oxygen atoms in total. The van der Waals surface area contributed by atoms with Crippen LogP contribution in [0.5, 0.6) is 0 Å². The summed E-state index contributed by atoms with van der Waals surface area (Å²) in [6.07, 6.45) is 9.26. The van der Waals surface area contributed by atoms with Gasteiger partial charge in [0.2, 0.25) is 5.89 Å². The molecule has 0 aliphatic heterocycles. The molecule has 0 saturated carbocycles. The summed E-state index contributed by atoms with van der Waals surface area (Å²) in [5, 5.41) is 0. The Morgan fingerprint density at radius 2 is 2.06 bits per heavy atom. The number of aryl methyl sites for hydroxylation is 1. The lowest BCUT2D eigenvalue weighted by atomic mass is 10.1. The number of oxazole rings is 1. The van der Waals surface area contributed by atoms with E-state index in [0.29, 0.717) is 5.89 Å². The zero-order valence-electron chi connectivity index (χ0n) is 9.67. The van der Waals surface area contributed by atoms with Crippen molar-refractivity contribution in [2.45, 2.75) is 12.8 Å². The van der Waals surface area contributed by atoms with Crippen LogP contribution in [0.15, 0.2) is 53.7 Å². The quantitative estimate of drug-likeness (QED) is 0.769. The third kappa shape index (κ3) is 3.45. The van der Waals surface area contributed by atoms with Crippen molar-refractivity contribution in [3.05, 3.63) is 66.4 Å². The molecular weight excluding hydrogens is 210 g/mol. The maximum atomic E-state index is 5.24. The highest BCUT2D eigenvalue weighted by Gasteiger charge is 1.95. The molecule has 1 aromatic heterocycles. The van der Waals surface area contributed by atoms with Crippen LogP contribution in [0, 0.1) is 0 Å². The highest BCUT2D eigenvalue weighted by molar-refractivity contribution is 5.44. The van der Waals surface area contributed by atoms with E-state index < -0.39 is 0 Å². The summed E-state index contributed by atoms with van der Waals surface area (Å²) in [5.74, 6) is 0.632. The van der Waals surface area contributed by atoms with Gasteiger partial charge in [0.05, 0.1) is 0 Å². The van der Waals surface area contributed by atoms with E-state index in [2.05, 4.69) is 41.9 Å². The first-order valence-corrected chi connectivity index (χ1v) is 5.67. The van der Waals surface area contributed by atoms with Crippen molar-refractivity contribution in [3.8, 4) is 0 Å². The lowest BCUT2D eigenvalue weighted by Gasteiger charge is -1.95. The largest absolute Gasteiger partial charge is 0.444 e. The smallest absolute Gasteiger partial charge is 0.218 e. The summed E-state index contributed by atoms with van der Waals surface area (Å²) in [6, 6.07) is 10.4. The Morgan fingerprint density at radius 1 is 1.24 bits per heavy atom. The summed E-state index contributed by atoms with van der Waals surface area (Å²) < 4.78 is 5.24. The molecule has 0 spiro atoms. The van der Waals surface area contributed by atoms with Crippen molar-refractivity contribution in [2.24, 2.45) is 0 Å². The summed E-state index contributed by atoms with van der Waals surface area (Å²) in [6.45, 7) is 3.63. The molecule has 0 atom stereocenters. The fraction of sp³-hybridized carbons (Fsp3) is 0.133. The Bertz CT molecular complexity index is 497. The van der Waals surface area contributed by atoms with Gasteiger partial charge in [-0.3, -0.25) is 0 Å². The van der Waals surface area contributed by atoms with Gasteiger partial charge in [-0.15, -0.1) is 0 Å². The monoisotopic (exact) mass is 225 g/mol. The van der Waals surface area contributed by atoms with Gasteiger partial charge in [-0.05, 0) is 30.6 Å². The van der Waals surface area contributed by atoms with E-state index in [-0.39, 0.29) is 0 Å². The van der Waals surface area contributed by atoms with E-state index in [9.17, 15) is 0 Å². The van der Waals surface area contributed by atoms with Crippen LogP contribution < -0.4 is 0 Å². The highest BCUT2D eigenvalue weighted by atomic mass is 16.3. The van der Waals surface area contributed by atoms with E-state index >= 15 is 0 Å². The van der Waals surface area contributed by atoms with Gasteiger partial charge >= 0.3 is 0 Å². The van der Waals surface area contributed by atoms with Gasteiger partial charge in [0.1, 0.15) is 12.0 Å². The third-order valence-corrected chi connectivity index (χ3v) is 2.45. The average Bonchev–Trinajstić information content (AvgIpc) is 2.84. The molecule has 0 unspecified atom stereocenters. The number of hydrogen-bond donors (Lipinski definition) is 0. The molecule has 2 rings (SSSR count). The molecule has 1 heterocycles. The zero-order valence-corrected chi connectivity index (χ0v) is 9.67. The van der Waals surface area contributed by atoms with Crippen LogP contribution in [0.2, 0.25) is 0 Å². The normalized spacial score (nSPS) is 10.8. The molecule has 0 aliphatic carbocycles. The van der Waals surface area contributed by atoms with Crippen LogP contribution in [0.1, 0.15) is 23.6 Å². The van der Waals surface area contributed by atoms with Gasteiger partial charge in [0.25, 0.3) is 0 Å². The molecule has 86 valence electrons. The second-order valence-corrected chi connectivity index (χ2v) is 3.74. The fourth-order valence-corrected chi connectivity index (χ4v) is 1.55. The van der Waals surface area contributed by atoms with Crippen molar-refractivity contribution < 1.29 is 4.42 Å². The first-order chi connectivity index (χ1) is 8.38. The Morgan fingerprint density at radius 3 is 2.76 bits per heavy atom. The second kappa shape index (κ2) is 5.85. The van der Waals surface area contributed by atoms with Gasteiger partial charge in [-0.1, -0.05) is 43.0 Å². The second-order valence-electron chi connectivity index (χ2n) is 3.74. The lowest BCUT2D eigenvalue weighted by molar-refractivity contribution is 0.546. The van der Waals surface area contributed by atoms with Gasteiger partial charge in [0.15, 0.2) is 0 Å². The molecule has 0 fully saturated rings. The van der Waals surface area contributed by atoms with E-state index in [1.807, 2.05) is 12.1 Å². The number of allylic oxidation sites excluding steroid dienone is 1. The van der Waals surface area contributed by atoms with E-state index in [4.69, 9.17) is 4.42 Å². The minimum absolute atomic E-state index is 0.632. The molecular formula is C15H15NO. The minimum atomic E-state index is 0.632. The molecule has 2 aromatic rings. The van der Waals surface area contributed by atoms with Crippen molar-refractivity contribution in [2.75, 3.05) is 0 Å². The van der Waals surface area contributed by atoms with Gasteiger partial charge in [0, 0.05) is 0 Å². The molecule has 0 N–H and O–H groups in total. The van der Waals surface area contributed by atoms with E-state index in [1.165, 1.54) is 5.56 Å². The van der Waals surface area contributed by atoms with E-state index in [1.54, 1.807) is 12.3 Å². The number of benzene rings is 1. The molecule has 0 amide bonds. The van der Waals surface area contributed by atoms with Crippen LogP contribution in [0.25, 0.3) is 12.2 Å². The molecule has 0 bridgehead atoms. The standard InChI is InChI=1S/C15H15NO/c1-2-14-12-17-15(16-14)11-7-6-10-13-8-4-3-5-9-13/h2-5,7-9,11-12H,1,6,10H2/b11-7+. The number of hydrogen-bond acceptors (Lipinski definition) is 2. The summed E-state index contributed by atoms with van der Waals surface area (Å²) in [5.41, 5.74) is 2.11. The zero-order chi connectivity index (χ0) is 11.9. The number of rotatable bonds is 5. The van der Waals surface area contributed by atoms with Gasteiger partial charge in [-0.2, -0.15) is 0 Å². The predicted molar refractivity (Wildman–Crippen MR) is 70.4 cm³/mol. The Balaban J connectivity index is 1.84. The highest BCUT2D eigenvalue weighted by Crippen LogP contribution is 2.07. The van der Waals surface area contributed by atoms with E-state index in [0.717, 1.165) is 18.5 Å². The summed E-state index contributed by atoms with van der Waals surface area (Å²) in [4.78, 5) is 4.20. The lowest BCUT2D eigenvalue weighted by Crippen LogP contribution is -1.81. The minimum Gasteiger partial charge on any atom is -0.444 e. The SMILES string of the molecule is C=Cc1coc(/C=C/CCc2ccccc2)n1.